The smallest absolute Gasteiger partial charge is 0.249 e. The van der Waals surface area contributed by atoms with E-state index in [4.69, 9.17) is 4.84 Å². The van der Waals surface area contributed by atoms with E-state index in [2.05, 4.69) is 31.0 Å². The lowest BCUT2D eigenvalue weighted by molar-refractivity contribution is -0.111. The van der Waals surface area contributed by atoms with Gasteiger partial charge in [0.15, 0.2) is 12.3 Å². The second kappa shape index (κ2) is 10.6. The van der Waals surface area contributed by atoms with Crippen LogP contribution in [0.25, 0.3) is 6.08 Å². The molecule has 9 heteroatoms. The van der Waals surface area contributed by atoms with Crippen molar-refractivity contribution in [2.75, 3.05) is 5.32 Å². The van der Waals surface area contributed by atoms with Gasteiger partial charge in [-0.2, -0.15) is 0 Å². The monoisotopic (exact) mass is 439 g/mol. The number of hydrogen-bond donors (Lipinski definition) is 1. The summed E-state index contributed by atoms with van der Waals surface area (Å²) in [6.45, 7) is 0.102. The van der Waals surface area contributed by atoms with Crippen LogP contribution >= 0.6 is 0 Å². The van der Waals surface area contributed by atoms with E-state index in [-0.39, 0.29) is 12.5 Å². The third-order valence-electron chi connectivity index (χ3n) is 4.53. The highest BCUT2D eigenvalue weighted by atomic mass is 16.6. The first-order chi connectivity index (χ1) is 16.2. The second-order valence-electron chi connectivity index (χ2n) is 6.95. The Morgan fingerprint density at radius 3 is 2.52 bits per heavy atom. The fourth-order valence-corrected chi connectivity index (χ4v) is 2.95. The predicted molar refractivity (Wildman–Crippen MR) is 124 cm³/mol. The molecule has 164 valence electrons. The predicted octanol–water partition coefficient (Wildman–Crippen LogP) is 3.23. The minimum atomic E-state index is -0.274. The van der Waals surface area contributed by atoms with Crippen LogP contribution in [-0.2, 0) is 23.3 Å². The SMILES string of the molecule is Cn1nnnc1/C(=N\OCc1cccc(NC(=O)C=Cc2ccccc2)n1)c1ccccc1. The maximum atomic E-state index is 12.2. The first kappa shape index (κ1) is 21.6. The Balaban J connectivity index is 1.42. The number of carbonyl (C=O) groups is 1. The highest BCUT2D eigenvalue weighted by Gasteiger charge is 2.14. The Morgan fingerprint density at radius 1 is 1.03 bits per heavy atom. The maximum absolute atomic E-state index is 12.2. The fraction of sp³-hybridized carbons (Fsp3) is 0.0833. The first-order valence-electron chi connectivity index (χ1n) is 10.2. The molecule has 0 radical (unpaired) electrons. The van der Waals surface area contributed by atoms with Gasteiger partial charge in [-0.05, 0) is 34.2 Å². The molecule has 0 saturated heterocycles. The topological polar surface area (TPSA) is 107 Å². The molecule has 1 N–H and O–H groups in total. The van der Waals surface area contributed by atoms with Gasteiger partial charge < -0.3 is 10.2 Å². The Hall–Kier alpha value is -4.66. The van der Waals surface area contributed by atoms with Crippen molar-refractivity contribution in [1.29, 1.82) is 0 Å². The molecule has 0 aliphatic rings. The second-order valence-corrected chi connectivity index (χ2v) is 6.95. The molecule has 9 nitrogen and oxygen atoms in total. The highest BCUT2D eigenvalue weighted by Crippen LogP contribution is 2.11. The summed E-state index contributed by atoms with van der Waals surface area (Å²) in [7, 11) is 1.73. The van der Waals surface area contributed by atoms with Gasteiger partial charge in [0.05, 0.1) is 5.69 Å². The molecule has 0 aliphatic carbocycles. The fourth-order valence-electron chi connectivity index (χ4n) is 2.95. The molecule has 0 aliphatic heterocycles. The van der Waals surface area contributed by atoms with Crippen LogP contribution in [0.2, 0.25) is 0 Å². The van der Waals surface area contributed by atoms with Gasteiger partial charge in [-0.15, -0.1) is 5.10 Å². The molecule has 0 bridgehead atoms. The molecule has 1 amide bonds. The van der Waals surface area contributed by atoms with Gasteiger partial charge in [0.2, 0.25) is 11.7 Å². The molecule has 0 fully saturated rings. The minimum absolute atomic E-state index is 0.102. The normalized spacial score (nSPS) is 11.5. The third kappa shape index (κ3) is 5.95. The Morgan fingerprint density at radius 2 is 1.79 bits per heavy atom. The van der Waals surface area contributed by atoms with Gasteiger partial charge in [-0.25, -0.2) is 9.67 Å². The van der Waals surface area contributed by atoms with Crippen LogP contribution in [0.3, 0.4) is 0 Å². The van der Waals surface area contributed by atoms with Crippen molar-refractivity contribution in [1.82, 2.24) is 25.2 Å². The molecule has 2 aromatic carbocycles. The Bertz CT molecular complexity index is 1270. The van der Waals surface area contributed by atoms with E-state index in [0.717, 1.165) is 11.1 Å². The molecule has 0 unspecified atom stereocenters. The van der Waals surface area contributed by atoms with Gasteiger partial charge in [-0.3, -0.25) is 4.79 Å². The van der Waals surface area contributed by atoms with Crippen molar-refractivity contribution >= 4 is 23.5 Å². The van der Waals surface area contributed by atoms with E-state index in [0.29, 0.717) is 23.0 Å². The lowest BCUT2D eigenvalue weighted by Crippen LogP contribution is -2.12. The molecule has 0 atom stereocenters. The van der Waals surface area contributed by atoms with Crippen LogP contribution in [0, 0.1) is 0 Å². The number of carbonyl (C=O) groups excluding carboxylic acids is 1. The largest absolute Gasteiger partial charge is 0.389 e. The van der Waals surface area contributed by atoms with Gasteiger partial charge in [0, 0.05) is 18.7 Å². The zero-order chi connectivity index (χ0) is 22.9. The summed E-state index contributed by atoms with van der Waals surface area (Å²) in [6, 6.07) is 24.4. The number of aromatic nitrogens is 5. The number of tetrazole rings is 1. The molecular formula is C24H21N7O2. The Labute approximate surface area is 190 Å². The van der Waals surface area contributed by atoms with E-state index in [1.807, 2.05) is 60.7 Å². The van der Waals surface area contributed by atoms with E-state index in [9.17, 15) is 4.79 Å². The lowest BCUT2D eigenvalue weighted by Gasteiger charge is -2.07. The van der Waals surface area contributed by atoms with E-state index in [1.54, 1.807) is 31.3 Å². The van der Waals surface area contributed by atoms with Crippen molar-refractivity contribution in [2.24, 2.45) is 12.2 Å². The summed E-state index contributed by atoms with van der Waals surface area (Å²) >= 11 is 0. The third-order valence-corrected chi connectivity index (χ3v) is 4.53. The molecule has 33 heavy (non-hydrogen) atoms. The number of hydrogen-bond acceptors (Lipinski definition) is 7. The average molecular weight is 439 g/mol. The Kier molecular flexibility index (Phi) is 6.92. The van der Waals surface area contributed by atoms with Crippen molar-refractivity contribution in [3.63, 3.8) is 0 Å². The van der Waals surface area contributed by atoms with Gasteiger partial charge >= 0.3 is 0 Å². The van der Waals surface area contributed by atoms with Gasteiger partial charge in [-0.1, -0.05) is 71.9 Å². The van der Waals surface area contributed by atoms with Crippen molar-refractivity contribution in [3.8, 4) is 0 Å². The molecule has 2 aromatic heterocycles. The number of pyridine rings is 1. The molecule has 2 heterocycles. The summed E-state index contributed by atoms with van der Waals surface area (Å²) in [6.07, 6.45) is 3.20. The first-order valence-corrected chi connectivity index (χ1v) is 10.2. The summed E-state index contributed by atoms with van der Waals surface area (Å²) in [4.78, 5) is 22.2. The standard InChI is InChI=1S/C24H21N7O2/c1-31-24(27-29-30-31)23(19-11-6-3-7-12-19)28-33-17-20-13-8-14-21(25-20)26-22(32)16-15-18-9-4-2-5-10-18/h2-16H,17H2,1H3,(H,25,26,32)/b16-15?,28-23-. The van der Waals surface area contributed by atoms with Crippen LogP contribution in [0.15, 0.2) is 90.1 Å². The summed E-state index contributed by atoms with van der Waals surface area (Å²) < 4.78 is 1.52. The molecule has 0 spiro atoms. The van der Waals surface area contributed by atoms with Crippen LogP contribution in [0.1, 0.15) is 22.6 Å². The number of oxime groups is 1. The number of nitrogens with zero attached hydrogens (tertiary/aromatic N) is 6. The van der Waals surface area contributed by atoms with Crippen molar-refractivity contribution in [2.45, 2.75) is 6.61 Å². The molecular weight excluding hydrogens is 418 g/mol. The number of benzene rings is 2. The number of rotatable bonds is 8. The van der Waals surface area contributed by atoms with Crippen LogP contribution in [0.5, 0.6) is 0 Å². The van der Waals surface area contributed by atoms with Crippen molar-refractivity contribution in [3.05, 3.63) is 108 Å². The van der Waals surface area contributed by atoms with Gasteiger partial charge in [0.1, 0.15) is 5.82 Å². The quantitative estimate of drug-likeness (QED) is 0.257. The lowest BCUT2D eigenvalue weighted by atomic mass is 10.1. The van der Waals surface area contributed by atoms with E-state index < -0.39 is 0 Å². The van der Waals surface area contributed by atoms with Crippen LogP contribution in [0.4, 0.5) is 5.82 Å². The minimum Gasteiger partial charge on any atom is -0.389 e. The molecule has 4 aromatic rings. The molecule has 0 saturated carbocycles. The van der Waals surface area contributed by atoms with Crippen molar-refractivity contribution < 1.29 is 9.63 Å². The zero-order valence-corrected chi connectivity index (χ0v) is 17.9. The van der Waals surface area contributed by atoms with Crippen LogP contribution in [-0.4, -0.2) is 36.8 Å². The number of anilines is 1. The van der Waals surface area contributed by atoms with Crippen LogP contribution < -0.4 is 5.32 Å². The van der Waals surface area contributed by atoms with E-state index in [1.165, 1.54) is 10.8 Å². The highest BCUT2D eigenvalue weighted by molar-refractivity contribution is 6.10. The number of nitrogens with one attached hydrogen (secondary N) is 1. The average Bonchev–Trinajstić information content (AvgIpc) is 3.27. The van der Waals surface area contributed by atoms with Gasteiger partial charge in [0.25, 0.3) is 0 Å². The zero-order valence-electron chi connectivity index (χ0n) is 17.9. The summed E-state index contributed by atoms with van der Waals surface area (Å²) in [5, 5.41) is 18.6. The number of aryl methyl sites for hydroxylation is 1. The summed E-state index contributed by atoms with van der Waals surface area (Å²) in [5.74, 6) is 0.618. The van der Waals surface area contributed by atoms with E-state index >= 15 is 0 Å². The molecule has 4 rings (SSSR count). The summed E-state index contributed by atoms with van der Waals surface area (Å²) in [5.41, 5.74) is 2.85. The number of amides is 1. The maximum Gasteiger partial charge on any atom is 0.249 e.